The zero-order valence-electron chi connectivity index (χ0n) is 15.1. The monoisotopic (exact) mass is 372 g/mol. The minimum atomic E-state index is -0.433. The smallest absolute Gasteiger partial charge is 0.237 e. The van der Waals surface area contributed by atoms with Crippen molar-refractivity contribution >= 4 is 23.2 Å². The summed E-state index contributed by atoms with van der Waals surface area (Å²) in [4.78, 5) is 33.2. The number of nitrogens with one attached hydrogen (secondary N) is 1. The minimum Gasteiger partial charge on any atom is -0.353 e. The highest BCUT2D eigenvalue weighted by Gasteiger charge is 2.32. The van der Waals surface area contributed by atoms with E-state index in [2.05, 4.69) is 15.2 Å². The molecule has 2 amide bonds. The SMILES string of the molecule is Cc1csc(CN(C)C(=O)CC2C(=O)NCCN2Cc2ccccc2)n1. The van der Waals surface area contributed by atoms with E-state index in [0.29, 0.717) is 19.6 Å². The lowest BCUT2D eigenvalue weighted by Crippen LogP contribution is -2.56. The van der Waals surface area contributed by atoms with Gasteiger partial charge in [0.25, 0.3) is 0 Å². The number of aryl methyl sites for hydroxylation is 1. The Kier molecular flexibility index (Phi) is 6.00. The standard InChI is InChI=1S/C19H24N4O2S/c1-14-13-26-17(21-14)12-22(2)18(24)10-16-19(25)20-8-9-23(16)11-15-6-4-3-5-7-15/h3-7,13,16H,8-12H2,1-2H3,(H,20,25). The quantitative estimate of drug-likeness (QED) is 0.840. The lowest BCUT2D eigenvalue weighted by Gasteiger charge is -2.35. The van der Waals surface area contributed by atoms with Crippen LogP contribution in [0.5, 0.6) is 0 Å². The molecule has 0 radical (unpaired) electrons. The van der Waals surface area contributed by atoms with Gasteiger partial charge in [-0.25, -0.2) is 4.98 Å². The van der Waals surface area contributed by atoms with Crippen LogP contribution < -0.4 is 5.32 Å². The Hall–Kier alpha value is -2.25. The number of piperazine rings is 1. The van der Waals surface area contributed by atoms with E-state index >= 15 is 0 Å². The number of hydrogen-bond donors (Lipinski definition) is 1. The van der Waals surface area contributed by atoms with Crippen LogP contribution >= 0.6 is 11.3 Å². The first-order valence-corrected chi connectivity index (χ1v) is 9.61. The summed E-state index contributed by atoms with van der Waals surface area (Å²) in [5, 5.41) is 5.77. The van der Waals surface area contributed by atoms with Gasteiger partial charge in [0.2, 0.25) is 11.8 Å². The van der Waals surface area contributed by atoms with Crippen LogP contribution in [0.3, 0.4) is 0 Å². The predicted molar refractivity (Wildman–Crippen MR) is 102 cm³/mol. The average molecular weight is 372 g/mol. The van der Waals surface area contributed by atoms with Gasteiger partial charge >= 0.3 is 0 Å². The van der Waals surface area contributed by atoms with Crippen molar-refractivity contribution in [3.8, 4) is 0 Å². The third-order valence-electron chi connectivity index (χ3n) is 4.50. The topological polar surface area (TPSA) is 65.5 Å². The molecule has 2 aromatic rings. The van der Waals surface area contributed by atoms with E-state index in [4.69, 9.17) is 0 Å². The molecule has 1 unspecified atom stereocenters. The van der Waals surface area contributed by atoms with E-state index in [1.807, 2.05) is 42.6 Å². The van der Waals surface area contributed by atoms with Crippen molar-refractivity contribution in [3.05, 3.63) is 52.0 Å². The van der Waals surface area contributed by atoms with Gasteiger partial charge in [-0.05, 0) is 12.5 Å². The lowest BCUT2D eigenvalue weighted by atomic mass is 10.1. The van der Waals surface area contributed by atoms with Crippen molar-refractivity contribution in [1.82, 2.24) is 20.1 Å². The van der Waals surface area contributed by atoms with Crippen LogP contribution in [0.1, 0.15) is 22.7 Å². The molecule has 3 rings (SSSR count). The van der Waals surface area contributed by atoms with E-state index < -0.39 is 6.04 Å². The van der Waals surface area contributed by atoms with Crippen molar-refractivity contribution in [2.45, 2.75) is 32.5 Å². The van der Waals surface area contributed by atoms with Gasteiger partial charge in [-0.2, -0.15) is 0 Å². The summed E-state index contributed by atoms with van der Waals surface area (Å²) in [7, 11) is 1.77. The van der Waals surface area contributed by atoms with Gasteiger partial charge in [0.15, 0.2) is 0 Å². The summed E-state index contributed by atoms with van der Waals surface area (Å²) in [6.45, 7) is 4.44. The van der Waals surface area contributed by atoms with Crippen LogP contribution in [-0.2, 0) is 22.7 Å². The van der Waals surface area contributed by atoms with Gasteiger partial charge in [-0.3, -0.25) is 14.5 Å². The Morgan fingerprint density at radius 3 is 2.85 bits per heavy atom. The molecule has 1 aromatic heterocycles. The van der Waals surface area contributed by atoms with Crippen molar-refractivity contribution in [2.24, 2.45) is 0 Å². The number of aromatic nitrogens is 1. The molecule has 0 spiro atoms. The molecule has 1 atom stereocenters. The zero-order chi connectivity index (χ0) is 18.5. The lowest BCUT2D eigenvalue weighted by molar-refractivity contribution is -0.138. The summed E-state index contributed by atoms with van der Waals surface area (Å²) in [6.07, 6.45) is 0.180. The normalized spacial score (nSPS) is 17.8. The largest absolute Gasteiger partial charge is 0.353 e. The van der Waals surface area contributed by atoms with Crippen LogP contribution in [-0.4, -0.2) is 52.8 Å². The van der Waals surface area contributed by atoms with E-state index in [1.165, 1.54) is 0 Å². The summed E-state index contributed by atoms with van der Waals surface area (Å²) in [5.41, 5.74) is 2.11. The van der Waals surface area contributed by atoms with E-state index in [-0.39, 0.29) is 18.2 Å². The fourth-order valence-corrected chi connectivity index (χ4v) is 3.90. The Bertz CT molecular complexity index is 762. The molecule has 0 aliphatic carbocycles. The van der Waals surface area contributed by atoms with Gasteiger partial charge in [0.1, 0.15) is 5.01 Å². The highest BCUT2D eigenvalue weighted by molar-refractivity contribution is 7.09. The van der Waals surface area contributed by atoms with Gasteiger partial charge in [-0.1, -0.05) is 30.3 Å². The molecule has 138 valence electrons. The molecule has 6 nitrogen and oxygen atoms in total. The van der Waals surface area contributed by atoms with Crippen molar-refractivity contribution in [2.75, 3.05) is 20.1 Å². The maximum atomic E-state index is 12.7. The summed E-state index contributed by atoms with van der Waals surface area (Å²) in [6, 6.07) is 9.61. The number of nitrogens with zero attached hydrogens (tertiary/aromatic N) is 3. The van der Waals surface area contributed by atoms with Crippen molar-refractivity contribution < 1.29 is 9.59 Å². The first-order chi connectivity index (χ1) is 12.5. The summed E-state index contributed by atoms with van der Waals surface area (Å²) >= 11 is 1.55. The molecule has 1 aromatic carbocycles. The Morgan fingerprint density at radius 2 is 2.15 bits per heavy atom. The molecular formula is C19H24N4O2S. The second-order valence-corrected chi connectivity index (χ2v) is 7.54. The number of thiazole rings is 1. The van der Waals surface area contributed by atoms with Gasteiger partial charge in [0, 0.05) is 37.8 Å². The minimum absolute atomic E-state index is 0.0436. The second-order valence-electron chi connectivity index (χ2n) is 6.60. The number of benzene rings is 1. The highest BCUT2D eigenvalue weighted by Crippen LogP contribution is 2.16. The van der Waals surface area contributed by atoms with E-state index in [9.17, 15) is 9.59 Å². The van der Waals surface area contributed by atoms with Gasteiger partial charge in [-0.15, -0.1) is 11.3 Å². The molecule has 7 heteroatoms. The molecular weight excluding hydrogens is 348 g/mol. The summed E-state index contributed by atoms with van der Waals surface area (Å²) < 4.78 is 0. The van der Waals surface area contributed by atoms with E-state index in [1.54, 1.807) is 23.3 Å². The molecule has 1 aliphatic heterocycles. The second kappa shape index (κ2) is 8.42. The van der Waals surface area contributed by atoms with Crippen molar-refractivity contribution in [3.63, 3.8) is 0 Å². The fourth-order valence-electron chi connectivity index (χ4n) is 3.08. The van der Waals surface area contributed by atoms with Crippen LogP contribution in [0.2, 0.25) is 0 Å². The third-order valence-corrected chi connectivity index (χ3v) is 5.45. The Morgan fingerprint density at radius 1 is 1.38 bits per heavy atom. The number of carbonyl (C=O) groups is 2. The number of carbonyl (C=O) groups excluding carboxylic acids is 2. The number of amides is 2. The predicted octanol–water partition coefficient (Wildman–Crippen LogP) is 1.80. The zero-order valence-corrected chi connectivity index (χ0v) is 16.0. The fraction of sp³-hybridized carbons (Fsp3) is 0.421. The Balaban J connectivity index is 1.64. The Labute approximate surface area is 157 Å². The maximum Gasteiger partial charge on any atom is 0.237 e. The van der Waals surface area contributed by atoms with Gasteiger partial charge < -0.3 is 10.2 Å². The third kappa shape index (κ3) is 4.68. The molecule has 26 heavy (non-hydrogen) atoms. The van der Waals surface area contributed by atoms with Crippen LogP contribution in [0.25, 0.3) is 0 Å². The van der Waals surface area contributed by atoms with Gasteiger partial charge in [0.05, 0.1) is 19.0 Å². The number of rotatable bonds is 6. The van der Waals surface area contributed by atoms with Crippen LogP contribution in [0, 0.1) is 6.92 Å². The molecule has 1 aliphatic rings. The van der Waals surface area contributed by atoms with Crippen molar-refractivity contribution in [1.29, 1.82) is 0 Å². The van der Waals surface area contributed by atoms with Crippen LogP contribution in [0.15, 0.2) is 35.7 Å². The maximum absolute atomic E-state index is 12.7. The first kappa shape index (κ1) is 18.5. The first-order valence-electron chi connectivity index (χ1n) is 8.73. The molecule has 1 saturated heterocycles. The van der Waals surface area contributed by atoms with E-state index in [0.717, 1.165) is 22.8 Å². The molecule has 1 N–H and O–H groups in total. The number of hydrogen-bond acceptors (Lipinski definition) is 5. The molecule has 0 bridgehead atoms. The highest BCUT2D eigenvalue weighted by atomic mass is 32.1. The van der Waals surface area contributed by atoms with Crippen LogP contribution in [0.4, 0.5) is 0 Å². The average Bonchev–Trinajstić information content (AvgIpc) is 3.03. The molecule has 1 fully saturated rings. The molecule has 0 saturated carbocycles. The summed E-state index contributed by atoms with van der Waals surface area (Å²) in [5.74, 6) is -0.114. The molecule has 2 heterocycles.